The molecule has 126 valence electrons. The summed E-state index contributed by atoms with van der Waals surface area (Å²) in [4.78, 5) is 11.7. The van der Waals surface area contributed by atoms with Crippen molar-refractivity contribution >= 4 is 27.3 Å². The lowest BCUT2D eigenvalue weighted by atomic mass is 10.1. The van der Waals surface area contributed by atoms with Crippen molar-refractivity contribution in [3.8, 4) is 0 Å². The zero-order valence-electron chi connectivity index (χ0n) is 12.3. The summed E-state index contributed by atoms with van der Waals surface area (Å²) in [5.41, 5.74) is -1.46. The van der Waals surface area contributed by atoms with E-state index in [2.05, 4.69) is 10.0 Å². The molecule has 23 heavy (non-hydrogen) atoms. The Balaban J connectivity index is 3.20. The van der Waals surface area contributed by atoms with Crippen molar-refractivity contribution in [1.82, 2.24) is 0 Å². The van der Waals surface area contributed by atoms with Crippen LogP contribution in [0, 0.1) is 0 Å². The Bertz CT molecular complexity index is 738. The van der Waals surface area contributed by atoms with E-state index in [9.17, 15) is 26.4 Å². The maximum absolute atomic E-state index is 12.7. The van der Waals surface area contributed by atoms with E-state index < -0.39 is 27.7 Å². The summed E-state index contributed by atoms with van der Waals surface area (Å²) < 4.78 is 62.8. The minimum absolute atomic E-state index is 0.159. The molecule has 0 saturated heterocycles. The van der Waals surface area contributed by atoms with Crippen molar-refractivity contribution in [3.63, 3.8) is 0 Å². The second-order valence-electron chi connectivity index (χ2n) is 4.51. The van der Waals surface area contributed by atoms with Crippen LogP contribution in [0.3, 0.4) is 0 Å². The average molecular weight is 348 g/mol. The van der Waals surface area contributed by atoms with Crippen molar-refractivity contribution in [2.75, 3.05) is 16.3 Å². The highest BCUT2D eigenvalue weighted by Crippen LogP contribution is 2.34. The van der Waals surface area contributed by atoms with Gasteiger partial charge >= 0.3 is 6.18 Å². The number of nitrogens with one attached hydrogen (secondary N) is 2. The Morgan fingerprint density at radius 3 is 2.35 bits per heavy atom. The van der Waals surface area contributed by atoms with Gasteiger partial charge in [0.15, 0.2) is 0 Å². The van der Waals surface area contributed by atoms with E-state index in [1.165, 1.54) is 6.08 Å². The minimum Gasteiger partial charge on any atom is -0.321 e. The van der Waals surface area contributed by atoms with E-state index in [0.29, 0.717) is 6.07 Å². The Labute approximate surface area is 131 Å². The third kappa shape index (κ3) is 6.55. The largest absolute Gasteiger partial charge is 0.416 e. The first-order chi connectivity index (χ1) is 10.5. The fourth-order valence-corrected chi connectivity index (χ4v) is 2.12. The van der Waals surface area contributed by atoms with Crippen molar-refractivity contribution in [2.24, 2.45) is 0 Å². The van der Waals surface area contributed by atoms with Gasteiger partial charge < -0.3 is 5.32 Å². The summed E-state index contributed by atoms with van der Waals surface area (Å²) in [5.74, 6) is -0.695. The van der Waals surface area contributed by atoms with Crippen LogP contribution in [0.15, 0.2) is 42.5 Å². The molecule has 1 aromatic carbocycles. The Morgan fingerprint density at radius 1 is 1.17 bits per heavy atom. The molecule has 2 N–H and O–H groups in total. The topological polar surface area (TPSA) is 75.3 Å². The average Bonchev–Trinajstić information content (AvgIpc) is 2.38. The monoisotopic (exact) mass is 348 g/mol. The number of amides is 1. The van der Waals surface area contributed by atoms with Crippen LogP contribution in [0.1, 0.15) is 12.5 Å². The SMILES string of the molecule is C/C=C/C=C\C(=O)Nc1cc(C(F)(F)F)ccc1NS(C)(=O)=O. The molecule has 1 amide bonds. The number of benzene rings is 1. The van der Waals surface area contributed by atoms with Gasteiger partial charge in [0.2, 0.25) is 15.9 Å². The van der Waals surface area contributed by atoms with Crippen LogP contribution in [0.5, 0.6) is 0 Å². The Morgan fingerprint density at radius 2 is 1.83 bits per heavy atom. The standard InChI is InChI=1S/C14H15F3N2O3S/c1-3-4-5-6-13(20)18-12-9-10(14(15,16)17)7-8-11(12)19-23(2,21)22/h3-9,19H,1-2H3,(H,18,20)/b4-3+,6-5-. The van der Waals surface area contributed by atoms with Crippen LogP contribution in [0.2, 0.25) is 0 Å². The fourth-order valence-electron chi connectivity index (χ4n) is 1.54. The lowest BCUT2D eigenvalue weighted by Crippen LogP contribution is -2.16. The number of halogens is 3. The number of rotatable bonds is 5. The lowest BCUT2D eigenvalue weighted by molar-refractivity contribution is -0.137. The van der Waals surface area contributed by atoms with Gasteiger partial charge in [0.1, 0.15) is 0 Å². The van der Waals surface area contributed by atoms with E-state index >= 15 is 0 Å². The Hall–Kier alpha value is -2.29. The summed E-state index contributed by atoms with van der Waals surface area (Å²) in [7, 11) is -3.72. The van der Waals surface area contributed by atoms with Crippen LogP contribution >= 0.6 is 0 Å². The van der Waals surface area contributed by atoms with E-state index in [1.54, 1.807) is 19.1 Å². The van der Waals surface area contributed by atoms with Crippen LogP contribution < -0.4 is 10.0 Å². The first-order valence-electron chi connectivity index (χ1n) is 6.32. The smallest absolute Gasteiger partial charge is 0.321 e. The quantitative estimate of drug-likeness (QED) is 0.634. The van der Waals surface area contributed by atoms with Gasteiger partial charge in [-0.05, 0) is 25.1 Å². The third-order valence-corrected chi connectivity index (χ3v) is 3.04. The van der Waals surface area contributed by atoms with Crippen LogP contribution in [0.4, 0.5) is 24.5 Å². The second kappa shape index (κ2) is 7.32. The van der Waals surface area contributed by atoms with Crippen LogP contribution in [-0.2, 0) is 21.0 Å². The van der Waals surface area contributed by atoms with Gasteiger partial charge in [-0.3, -0.25) is 9.52 Å². The second-order valence-corrected chi connectivity index (χ2v) is 6.25. The molecule has 1 aromatic rings. The first-order valence-corrected chi connectivity index (χ1v) is 8.21. The van der Waals surface area contributed by atoms with Gasteiger partial charge in [-0.1, -0.05) is 18.2 Å². The van der Waals surface area contributed by atoms with E-state index in [1.807, 2.05) is 0 Å². The number of carbonyl (C=O) groups is 1. The molecule has 0 unspecified atom stereocenters. The van der Waals surface area contributed by atoms with Crippen molar-refractivity contribution < 1.29 is 26.4 Å². The molecule has 0 aliphatic carbocycles. The molecule has 5 nitrogen and oxygen atoms in total. The van der Waals surface area contributed by atoms with Gasteiger partial charge in [0.25, 0.3) is 0 Å². The molecule has 0 fully saturated rings. The molecule has 0 spiro atoms. The summed E-state index contributed by atoms with van der Waals surface area (Å²) in [6.07, 6.45) is 1.94. The molecule has 0 atom stereocenters. The zero-order chi connectivity index (χ0) is 17.7. The van der Waals surface area contributed by atoms with Gasteiger partial charge in [0, 0.05) is 6.08 Å². The zero-order valence-corrected chi connectivity index (χ0v) is 13.1. The van der Waals surface area contributed by atoms with Gasteiger partial charge in [-0.25, -0.2) is 8.42 Å². The maximum atomic E-state index is 12.7. The van der Waals surface area contributed by atoms with E-state index in [0.717, 1.165) is 24.5 Å². The highest BCUT2D eigenvalue weighted by molar-refractivity contribution is 7.92. The molecule has 0 aliphatic rings. The number of hydrogen-bond donors (Lipinski definition) is 2. The third-order valence-electron chi connectivity index (χ3n) is 2.45. The van der Waals surface area contributed by atoms with E-state index in [4.69, 9.17) is 0 Å². The number of anilines is 2. The summed E-state index contributed by atoms with van der Waals surface area (Å²) in [6, 6.07) is 2.32. The van der Waals surface area contributed by atoms with Crippen LogP contribution in [0.25, 0.3) is 0 Å². The number of alkyl halides is 3. The van der Waals surface area contributed by atoms with E-state index in [-0.39, 0.29) is 11.4 Å². The molecule has 9 heteroatoms. The van der Waals surface area contributed by atoms with Gasteiger partial charge in [-0.15, -0.1) is 0 Å². The number of carbonyl (C=O) groups excluding carboxylic acids is 1. The summed E-state index contributed by atoms with van der Waals surface area (Å²) in [6.45, 7) is 1.73. The first kappa shape index (κ1) is 18.8. The molecule has 0 radical (unpaired) electrons. The summed E-state index contributed by atoms with van der Waals surface area (Å²) in [5, 5.41) is 2.22. The van der Waals surface area contributed by atoms with Gasteiger partial charge in [0.05, 0.1) is 23.2 Å². The number of hydrogen-bond acceptors (Lipinski definition) is 3. The summed E-state index contributed by atoms with van der Waals surface area (Å²) >= 11 is 0. The lowest BCUT2D eigenvalue weighted by Gasteiger charge is -2.14. The van der Waals surface area contributed by atoms with Crippen molar-refractivity contribution in [1.29, 1.82) is 0 Å². The molecule has 0 aliphatic heterocycles. The minimum atomic E-state index is -4.62. The van der Waals surface area contributed by atoms with Crippen molar-refractivity contribution in [3.05, 3.63) is 48.1 Å². The molecule has 0 aromatic heterocycles. The maximum Gasteiger partial charge on any atom is 0.416 e. The highest BCUT2D eigenvalue weighted by Gasteiger charge is 2.31. The van der Waals surface area contributed by atoms with Crippen LogP contribution in [-0.4, -0.2) is 20.6 Å². The number of allylic oxidation sites excluding steroid dienone is 3. The molecule has 1 rings (SSSR count). The molecule has 0 bridgehead atoms. The Kier molecular flexibility index (Phi) is 5.97. The predicted octanol–water partition coefficient (Wildman–Crippen LogP) is 3.15. The molecular formula is C14H15F3N2O3S. The molecule has 0 heterocycles. The number of sulfonamides is 1. The van der Waals surface area contributed by atoms with Crippen molar-refractivity contribution in [2.45, 2.75) is 13.1 Å². The molecular weight excluding hydrogens is 333 g/mol. The normalized spacial score (nSPS) is 12.7. The molecule has 0 saturated carbocycles. The fraction of sp³-hybridized carbons (Fsp3) is 0.214. The highest BCUT2D eigenvalue weighted by atomic mass is 32.2. The van der Waals surface area contributed by atoms with Gasteiger partial charge in [-0.2, -0.15) is 13.2 Å². The predicted molar refractivity (Wildman–Crippen MR) is 82.5 cm³/mol.